The Morgan fingerprint density at radius 2 is 1.82 bits per heavy atom. The summed E-state index contributed by atoms with van der Waals surface area (Å²) in [5.41, 5.74) is 6.80. The van der Waals surface area contributed by atoms with Crippen molar-refractivity contribution < 1.29 is 4.79 Å². The van der Waals surface area contributed by atoms with Gasteiger partial charge in [0.25, 0.3) is 0 Å². The second-order valence-electron chi connectivity index (χ2n) is 4.46. The molecule has 0 radical (unpaired) electrons. The van der Waals surface area contributed by atoms with Gasteiger partial charge >= 0.3 is 0 Å². The minimum absolute atomic E-state index is 0.0404. The smallest absolute Gasteiger partial charge is 0.227 e. The second kappa shape index (κ2) is 4.99. The van der Waals surface area contributed by atoms with Crippen LogP contribution in [0.15, 0.2) is 24.3 Å². The van der Waals surface area contributed by atoms with Crippen LogP contribution in [0.5, 0.6) is 0 Å². The summed E-state index contributed by atoms with van der Waals surface area (Å²) >= 11 is 0. The SMILES string of the molecule is N=C(N)c1ccc(NC(=O)C2CCCC2)cc1. The lowest BCUT2D eigenvalue weighted by Gasteiger charge is -2.10. The number of hydrogen-bond donors (Lipinski definition) is 3. The average Bonchev–Trinajstić information content (AvgIpc) is 2.83. The quantitative estimate of drug-likeness (QED) is 0.550. The maximum Gasteiger partial charge on any atom is 0.227 e. The first-order chi connectivity index (χ1) is 8.16. The van der Waals surface area contributed by atoms with Crippen molar-refractivity contribution >= 4 is 17.4 Å². The number of anilines is 1. The van der Waals surface area contributed by atoms with Gasteiger partial charge in [0.2, 0.25) is 5.91 Å². The lowest BCUT2D eigenvalue weighted by molar-refractivity contribution is -0.119. The number of nitrogens with one attached hydrogen (secondary N) is 2. The summed E-state index contributed by atoms with van der Waals surface area (Å²) in [6.45, 7) is 0. The summed E-state index contributed by atoms with van der Waals surface area (Å²) in [6, 6.07) is 7.05. The minimum atomic E-state index is 0.0404. The molecular weight excluding hydrogens is 214 g/mol. The third-order valence-corrected chi connectivity index (χ3v) is 3.19. The van der Waals surface area contributed by atoms with Crippen LogP contribution in [0.25, 0.3) is 0 Å². The molecule has 4 nitrogen and oxygen atoms in total. The molecule has 1 aliphatic rings. The Kier molecular flexibility index (Phi) is 3.42. The van der Waals surface area contributed by atoms with E-state index in [2.05, 4.69) is 5.32 Å². The minimum Gasteiger partial charge on any atom is -0.384 e. The number of amides is 1. The summed E-state index contributed by atoms with van der Waals surface area (Å²) in [7, 11) is 0. The predicted octanol–water partition coefficient (Wildman–Crippen LogP) is 2.10. The zero-order valence-electron chi connectivity index (χ0n) is 9.70. The van der Waals surface area contributed by atoms with Gasteiger partial charge in [-0.25, -0.2) is 0 Å². The molecule has 0 saturated heterocycles. The molecule has 1 fully saturated rings. The normalized spacial score (nSPS) is 15.8. The number of carbonyl (C=O) groups excluding carboxylic acids is 1. The fourth-order valence-corrected chi connectivity index (χ4v) is 2.17. The molecule has 90 valence electrons. The lowest BCUT2D eigenvalue weighted by Crippen LogP contribution is -2.20. The van der Waals surface area contributed by atoms with Gasteiger partial charge < -0.3 is 11.1 Å². The molecule has 0 bridgehead atoms. The van der Waals surface area contributed by atoms with Crippen molar-refractivity contribution in [3.63, 3.8) is 0 Å². The van der Waals surface area contributed by atoms with E-state index in [1.807, 2.05) is 0 Å². The molecule has 4 N–H and O–H groups in total. The van der Waals surface area contributed by atoms with Crippen molar-refractivity contribution in [2.45, 2.75) is 25.7 Å². The Morgan fingerprint density at radius 3 is 2.35 bits per heavy atom. The van der Waals surface area contributed by atoms with E-state index in [9.17, 15) is 4.79 Å². The number of benzene rings is 1. The highest BCUT2D eigenvalue weighted by molar-refractivity contribution is 5.96. The molecule has 2 rings (SSSR count). The maximum atomic E-state index is 11.9. The maximum absolute atomic E-state index is 11.9. The number of amidine groups is 1. The Morgan fingerprint density at radius 1 is 1.24 bits per heavy atom. The van der Waals surface area contributed by atoms with Crippen LogP contribution in [0.2, 0.25) is 0 Å². The van der Waals surface area contributed by atoms with Crippen molar-refractivity contribution in [3.05, 3.63) is 29.8 Å². The zero-order chi connectivity index (χ0) is 12.3. The molecule has 1 aromatic rings. The van der Waals surface area contributed by atoms with Gasteiger partial charge in [0.1, 0.15) is 5.84 Å². The van der Waals surface area contributed by atoms with E-state index in [4.69, 9.17) is 11.1 Å². The Balaban J connectivity index is 1.98. The van der Waals surface area contributed by atoms with E-state index in [0.717, 1.165) is 31.4 Å². The van der Waals surface area contributed by atoms with E-state index in [0.29, 0.717) is 5.56 Å². The van der Waals surface area contributed by atoms with Crippen LogP contribution in [0.3, 0.4) is 0 Å². The van der Waals surface area contributed by atoms with Gasteiger partial charge in [0.15, 0.2) is 0 Å². The Hall–Kier alpha value is -1.84. The molecule has 0 spiro atoms. The largest absolute Gasteiger partial charge is 0.384 e. The summed E-state index contributed by atoms with van der Waals surface area (Å²) in [4.78, 5) is 11.9. The Bertz CT molecular complexity index is 419. The second-order valence-corrected chi connectivity index (χ2v) is 4.46. The first kappa shape index (κ1) is 11.6. The topological polar surface area (TPSA) is 79.0 Å². The number of carbonyl (C=O) groups is 1. The van der Waals surface area contributed by atoms with Gasteiger partial charge in [0.05, 0.1) is 0 Å². The number of nitrogens with two attached hydrogens (primary N) is 1. The molecule has 1 amide bonds. The summed E-state index contributed by atoms with van der Waals surface area (Å²) in [5, 5.41) is 10.2. The average molecular weight is 231 g/mol. The fraction of sp³-hybridized carbons (Fsp3) is 0.385. The third kappa shape index (κ3) is 2.84. The van der Waals surface area contributed by atoms with Crippen LogP contribution in [-0.4, -0.2) is 11.7 Å². The lowest BCUT2D eigenvalue weighted by atomic mass is 10.1. The molecule has 4 heteroatoms. The number of nitrogen functional groups attached to an aromatic ring is 1. The van der Waals surface area contributed by atoms with E-state index < -0.39 is 0 Å². The monoisotopic (exact) mass is 231 g/mol. The first-order valence-corrected chi connectivity index (χ1v) is 5.92. The van der Waals surface area contributed by atoms with Crippen LogP contribution in [0.1, 0.15) is 31.2 Å². The van der Waals surface area contributed by atoms with Gasteiger partial charge in [-0.2, -0.15) is 0 Å². The highest BCUT2D eigenvalue weighted by Gasteiger charge is 2.22. The van der Waals surface area contributed by atoms with Crippen molar-refractivity contribution in [1.82, 2.24) is 0 Å². The van der Waals surface area contributed by atoms with Crippen LogP contribution >= 0.6 is 0 Å². The van der Waals surface area contributed by atoms with E-state index in [1.165, 1.54) is 0 Å². The van der Waals surface area contributed by atoms with Crippen LogP contribution < -0.4 is 11.1 Å². The molecule has 0 heterocycles. The number of hydrogen-bond acceptors (Lipinski definition) is 2. The molecular formula is C13H17N3O. The highest BCUT2D eigenvalue weighted by Crippen LogP contribution is 2.25. The van der Waals surface area contributed by atoms with Gasteiger partial charge in [-0.05, 0) is 37.1 Å². The van der Waals surface area contributed by atoms with E-state index >= 15 is 0 Å². The summed E-state index contributed by atoms with van der Waals surface area (Å²) < 4.78 is 0. The van der Waals surface area contributed by atoms with Crippen LogP contribution in [-0.2, 0) is 4.79 Å². The van der Waals surface area contributed by atoms with Crippen LogP contribution in [0, 0.1) is 11.3 Å². The molecule has 0 aliphatic heterocycles. The van der Waals surface area contributed by atoms with Gasteiger partial charge in [-0.3, -0.25) is 10.2 Å². The third-order valence-electron chi connectivity index (χ3n) is 3.19. The molecule has 1 aliphatic carbocycles. The van der Waals surface area contributed by atoms with E-state index in [-0.39, 0.29) is 17.7 Å². The summed E-state index contributed by atoms with van der Waals surface area (Å²) in [6.07, 6.45) is 4.30. The molecule has 17 heavy (non-hydrogen) atoms. The molecule has 0 unspecified atom stereocenters. The standard InChI is InChI=1S/C13H17N3O/c14-12(15)9-5-7-11(8-6-9)16-13(17)10-3-1-2-4-10/h5-8,10H,1-4H2,(H3,14,15)(H,16,17). The van der Waals surface area contributed by atoms with Crippen molar-refractivity contribution in [2.75, 3.05) is 5.32 Å². The van der Waals surface area contributed by atoms with Crippen molar-refractivity contribution in [3.8, 4) is 0 Å². The first-order valence-electron chi connectivity index (χ1n) is 5.92. The predicted molar refractivity (Wildman–Crippen MR) is 68.0 cm³/mol. The summed E-state index contributed by atoms with van der Waals surface area (Å²) in [5.74, 6) is 0.319. The molecule has 0 aromatic heterocycles. The highest BCUT2D eigenvalue weighted by atomic mass is 16.1. The van der Waals surface area contributed by atoms with E-state index in [1.54, 1.807) is 24.3 Å². The van der Waals surface area contributed by atoms with Gasteiger partial charge in [0, 0.05) is 17.2 Å². The molecule has 1 saturated carbocycles. The number of rotatable bonds is 3. The molecule has 1 aromatic carbocycles. The fourth-order valence-electron chi connectivity index (χ4n) is 2.17. The van der Waals surface area contributed by atoms with Crippen molar-refractivity contribution in [2.24, 2.45) is 11.7 Å². The van der Waals surface area contributed by atoms with Crippen molar-refractivity contribution in [1.29, 1.82) is 5.41 Å². The van der Waals surface area contributed by atoms with Gasteiger partial charge in [-0.1, -0.05) is 12.8 Å². The molecule has 0 atom stereocenters. The van der Waals surface area contributed by atoms with Gasteiger partial charge in [-0.15, -0.1) is 0 Å². The Labute approximate surface area is 101 Å². The van der Waals surface area contributed by atoms with Crippen LogP contribution in [0.4, 0.5) is 5.69 Å². The zero-order valence-corrected chi connectivity index (χ0v) is 9.70.